The van der Waals surface area contributed by atoms with Crippen LogP contribution in [0.3, 0.4) is 0 Å². The van der Waals surface area contributed by atoms with E-state index in [0.717, 1.165) is 37.1 Å². The molecule has 3 aromatic rings. The number of carbonyl (C=O) groups is 1. The second-order valence-corrected chi connectivity index (χ2v) is 9.75. The average Bonchev–Trinajstić information content (AvgIpc) is 3.31. The third-order valence-corrected chi connectivity index (χ3v) is 7.62. The minimum Gasteiger partial charge on any atom is -0.311 e. The molecule has 2 amide bonds. The van der Waals surface area contributed by atoms with Gasteiger partial charge in [0.2, 0.25) is 0 Å². The van der Waals surface area contributed by atoms with Crippen LogP contribution in [0.5, 0.6) is 0 Å². The van der Waals surface area contributed by atoms with Gasteiger partial charge in [0.1, 0.15) is 16.6 Å². The Bertz CT molecular complexity index is 1150. The van der Waals surface area contributed by atoms with E-state index in [0.29, 0.717) is 6.54 Å². The number of urea groups is 1. The highest BCUT2D eigenvalue weighted by molar-refractivity contribution is 7.15. The molecule has 3 heterocycles. The molecule has 7 heteroatoms. The molecule has 1 unspecified atom stereocenters. The molecule has 31 heavy (non-hydrogen) atoms. The fourth-order valence-corrected chi connectivity index (χ4v) is 6.30. The Kier molecular flexibility index (Phi) is 5.08. The van der Waals surface area contributed by atoms with Gasteiger partial charge in [0.15, 0.2) is 0 Å². The highest BCUT2D eigenvalue weighted by Gasteiger charge is 2.36. The Morgan fingerprint density at radius 3 is 2.74 bits per heavy atom. The van der Waals surface area contributed by atoms with Crippen LogP contribution in [0.25, 0.3) is 5.00 Å². The van der Waals surface area contributed by atoms with Crippen LogP contribution in [0.15, 0.2) is 36.5 Å². The molecule has 1 aliphatic carbocycles. The summed E-state index contributed by atoms with van der Waals surface area (Å²) in [5.41, 5.74) is 3.62. The van der Waals surface area contributed by atoms with Gasteiger partial charge in [-0.05, 0) is 61.4 Å². The average molecular weight is 442 g/mol. The Morgan fingerprint density at radius 1 is 1.16 bits per heavy atom. The van der Waals surface area contributed by atoms with Crippen molar-refractivity contribution in [3.63, 3.8) is 0 Å². The molecule has 1 aliphatic heterocycles. The number of fused-ring (bicyclic) bond motifs is 5. The molecule has 0 saturated heterocycles. The van der Waals surface area contributed by atoms with Gasteiger partial charge in [0.25, 0.3) is 0 Å². The standard InChI is InChI=1S/C24H25F2N3OS/c1-14(2)22-20-7-5-11-28(20)23-17(16-6-3-4-8-21(16)31-23)13-29(22)24(30)27-19-10-9-15(25)12-18(19)26/h5,7,9-12,14,22H,3-4,6,8,13H2,1-2H3,(H,27,30). The first kappa shape index (κ1) is 20.2. The van der Waals surface area contributed by atoms with E-state index in [9.17, 15) is 13.6 Å². The van der Waals surface area contributed by atoms with Gasteiger partial charge in [-0.15, -0.1) is 11.3 Å². The SMILES string of the molecule is CC(C)C1c2cccn2-c2sc3c(c2CN1C(=O)Nc1ccc(F)cc1F)CCCC3. The number of thiophene rings is 1. The molecule has 4 nitrogen and oxygen atoms in total. The predicted octanol–water partition coefficient (Wildman–Crippen LogP) is 6.44. The quantitative estimate of drug-likeness (QED) is 0.488. The second kappa shape index (κ2) is 7.79. The minimum atomic E-state index is -0.777. The molecule has 2 aromatic heterocycles. The summed E-state index contributed by atoms with van der Waals surface area (Å²) in [4.78, 5) is 16.7. The van der Waals surface area contributed by atoms with Crippen LogP contribution in [-0.2, 0) is 19.4 Å². The van der Waals surface area contributed by atoms with Crippen molar-refractivity contribution in [2.45, 2.75) is 52.1 Å². The number of hydrogen-bond acceptors (Lipinski definition) is 2. The van der Waals surface area contributed by atoms with Crippen LogP contribution in [-0.4, -0.2) is 15.5 Å². The maximum Gasteiger partial charge on any atom is 0.322 e. The van der Waals surface area contributed by atoms with E-state index in [4.69, 9.17) is 0 Å². The van der Waals surface area contributed by atoms with E-state index in [-0.39, 0.29) is 23.7 Å². The van der Waals surface area contributed by atoms with Crippen molar-refractivity contribution >= 4 is 23.1 Å². The molecule has 5 rings (SSSR count). The number of carbonyl (C=O) groups excluding carboxylic acids is 1. The van der Waals surface area contributed by atoms with Gasteiger partial charge in [-0.3, -0.25) is 0 Å². The lowest BCUT2D eigenvalue weighted by atomic mass is 9.94. The van der Waals surface area contributed by atoms with Crippen LogP contribution in [0.1, 0.15) is 54.4 Å². The highest BCUT2D eigenvalue weighted by atomic mass is 32.1. The van der Waals surface area contributed by atoms with Crippen LogP contribution >= 0.6 is 11.3 Å². The lowest BCUT2D eigenvalue weighted by molar-refractivity contribution is 0.161. The zero-order valence-corrected chi connectivity index (χ0v) is 18.4. The second-order valence-electron chi connectivity index (χ2n) is 8.67. The summed E-state index contributed by atoms with van der Waals surface area (Å²) in [5, 5.41) is 3.88. The highest BCUT2D eigenvalue weighted by Crippen LogP contribution is 2.44. The largest absolute Gasteiger partial charge is 0.322 e. The Hall–Kier alpha value is -2.67. The van der Waals surface area contributed by atoms with E-state index < -0.39 is 11.6 Å². The van der Waals surface area contributed by atoms with Crippen molar-refractivity contribution in [2.75, 3.05) is 5.32 Å². The van der Waals surface area contributed by atoms with E-state index >= 15 is 0 Å². The molecule has 0 bridgehead atoms. The van der Waals surface area contributed by atoms with Gasteiger partial charge in [0.05, 0.1) is 18.3 Å². The molecule has 0 spiro atoms. The maximum absolute atomic E-state index is 14.2. The van der Waals surface area contributed by atoms with Crippen molar-refractivity contribution in [2.24, 2.45) is 5.92 Å². The minimum absolute atomic E-state index is 0.0129. The summed E-state index contributed by atoms with van der Waals surface area (Å²) >= 11 is 1.84. The predicted molar refractivity (Wildman–Crippen MR) is 119 cm³/mol. The first-order valence-corrected chi connectivity index (χ1v) is 11.6. The molecule has 162 valence electrons. The van der Waals surface area contributed by atoms with Crippen molar-refractivity contribution in [1.82, 2.24) is 9.47 Å². The molecule has 1 aromatic carbocycles. The zero-order chi connectivity index (χ0) is 21.7. The third-order valence-electron chi connectivity index (χ3n) is 6.29. The van der Waals surface area contributed by atoms with Crippen molar-refractivity contribution in [1.29, 1.82) is 0 Å². The summed E-state index contributed by atoms with van der Waals surface area (Å²) in [5.74, 6) is -1.29. The molecule has 1 N–H and O–H groups in total. The van der Waals surface area contributed by atoms with Crippen LogP contribution < -0.4 is 5.32 Å². The lowest BCUT2D eigenvalue weighted by Crippen LogP contribution is -2.39. The van der Waals surface area contributed by atoms with Gasteiger partial charge < -0.3 is 14.8 Å². The van der Waals surface area contributed by atoms with Crippen molar-refractivity contribution in [3.8, 4) is 5.00 Å². The number of nitrogens with zero attached hydrogens (tertiary/aromatic N) is 2. The molecule has 0 radical (unpaired) electrons. The molecule has 1 atom stereocenters. The van der Waals surface area contributed by atoms with Crippen LogP contribution in [0.2, 0.25) is 0 Å². The molecule has 2 aliphatic rings. The molecule has 0 fully saturated rings. The molecule has 0 saturated carbocycles. The van der Waals surface area contributed by atoms with Crippen molar-refractivity contribution in [3.05, 3.63) is 69.9 Å². The maximum atomic E-state index is 14.2. The number of aromatic nitrogens is 1. The Morgan fingerprint density at radius 2 is 1.97 bits per heavy atom. The summed E-state index contributed by atoms with van der Waals surface area (Å²) in [7, 11) is 0. The number of hydrogen-bond donors (Lipinski definition) is 1. The smallest absolute Gasteiger partial charge is 0.311 e. The topological polar surface area (TPSA) is 37.3 Å². The molecular weight excluding hydrogens is 416 g/mol. The monoisotopic (exact) mass is 441 g/mol. The van der Waals surface area contributed by atoms with Crippen molar-refractivity contribution < 1.29 is 13.6 Å². The van der Waals surface area contributed by atoms with Gasteiger partial charge in [-0.1, -0.05) is 13.8 Å². The first-order valence-electron chi connectivity index (χ1n) is 10.8. The van der Waals surface area contributed by atoms with Crippen LogP contribution in [0.4, 0.5) is 19.3 Å². The zero-order valence-electron chi connectivity index (χ0n) is 17.6. The Labute approximate surface area is 184 Å². The fourth-order valence-electron chi connectivity index (χ4n) is 4.90. The van der Waals surface area contributed by atoms with Crippen LogP contribution in [0, 0.1) is 17.6 Å². The summed E-state index contributed by atoms with van der Waals surface area (Å²) < 4.78 is 29.8. The summed E-state index contributed by atoms with van der Waals surface area (Å²) in [6.07, 6.45) is 6.56. The number of halogens is 2. The van der Waals surface area contributed by atoms with E-state index in [1.165, 1.54) is 33.5 Å². The summed E-state index contributed by atoms with van der Waals surface area (Å²) in [6.45, 7) is 4.66. The first-order chi connectivity index (χ1) is 14.9. The Balaban J connectivity index is 1.59. The number of nitrogens with one attached hydrogen (secondary N) is 1. The number of rotatable bonds is 2. The van der Waals surface area contributed by atoms with E-state index in [2.05, 4.69) is 36.0 Å². The number of amides is 2. The number of benzene rings is 1. The summed E-state index contributed by atoms with van der Waals surface area (Å²) in [6, 6.07) is 6.75. The van der Waals surface area contributed by atoms with Gasteiger partial charge >= 0.3 is 6.03 Å². The van der Waals surface area contributed by atoms with Gasteiger partial charge in [0, 0.05) is 28.4 Å². The van der Waals surface area contributed by atoms with E-state index in [1.807, 2.05) is 22.3 Å². The normalized spacial score (nSPS) is 17.7. The number of aryl methyl sites for hydroxylation is 1. The molecular formula is C24H25F2N3OS. The van der Waals surface area contributed by atoms with Gasteiger partial charge in [-0.25, -0.2) is 13.6 Å². The number of anilines is 1. The fraction of sp³-hybridized carbons (Fsp3) is 0.375. The third kappa shape index (κ3) is 3.45. The lowest BCUT2D eigenvalue weighted by Gasteiger charge is -2.33. The van der Waals surface area contributed by atoms with E-state index in [1.54, 1.807) is 0 Å². The van der Waals surface area contributed by atoms with Gasteiger partial charge in [-0.2, -0.15) is 0 Å².